The van der Waals surface area contributed by atoms with E-state index >= 15 is 0 Å². The second-order valence-corrected chi connectivity index (χ2v) is 8.15. The van der Waals surface area contributed by atoms with Crippen LogP contribution in [-0.4, -0.2) is 27.3 Å². The van der Waals surface area contributed by atoms with E-state index in [0.717, 1.165) is 37.0 Å². The third-order valence-corrected chi connectivity index (χ3v) is 5.44. The molecule has 2 aromatic carbocycles. The van der Waals surface area contributed by atoms with Gasteiger partial charge in [-0.3, -0.25) is 0 Å². The van der Waals surface area contributed by atoms with Gasteiger partial charge in [0, 0.05) is 13.6 Å². The lowest BCUT2D eigenvalue weighted by molar-refractivity contribution is 0.700. The second-order valence-electron chi connectivity index (χ2n) is 8.15. The summed E-state index contributed by atoms with van der Waals surface area (Å²) in [5.41, 5.74) is 3.94. The van der Waals surface area contributed by atoms with Crippen molar-refractivity contribution >= 4 is 29.9 Å². The minimum Gasteiger partial charge on any atom is -0.356 e. The Morgan fingerprint density at radius 1 is 0.969 bits per heavy atom. The number of aromatic nitrogens is 3. The van der Waals surface area contributed by atoms with E-state index in [1.54, 1.807) is 0 Å². The molecular formula is C25H35IN6. The van der Waals surface area contributed by atoms with Gasteiger partial charge in [0.15, 0.2) is 11.8 Å². The van der Waals surface area contributed by atoms with Gasteiger partial charge in [-0.1, -0.05) is 68.4 Å². The summed E-state index contributed by atoms with van der Waals surface area (Å²) in [6.07, 6.45) is 2.08. The Labute approximate surface area is 209 Å². The molecule has 0 aliphatic carbocycles. The molecule has 2 N–H and O–H groups in total. The van der Waals surface area contributed by atoms with Gasteiger partial charge in [-0.15, -0.1) is 34.2 Å². The Hall–Kier alpha value is -2.42. The highest BCUT2D eigenvalue weighted by atomic mass is 127. The summed E-state index contributed by atoms with van der Waals surface area (Å²) < 4.78 is 1.99. The Bertz CT molecular complexity index is 964. The number of nitrogens with one attached hydrogen (secondary N) is 2. The molecule has 3 rings (SSSR count). The van der Waals surface area contributed by atoms with E-state index in [1.807, 2.05) is 36.7 Å². The first-order valence-electron chi connectivity index (χ1n) is 11.0. The van der Waals surface area contributed by atoms with Crippen molar-refractivity contribution in [3.05, 3.63) is 82.9 Å². The highest BCUT2D eigenvalue weighted by Crippen LogP contribution is 2.15. The van der Waals surface area contributed by atoms with Crippen LogP contribution < -0.4 is 10.6 Å². The van der Waals surface area contributed by atoms with Crippen molar-refractivity contribution in [3.63, 3.8) is 0 Å². The van der Waals surface area contributed by atoms with Gasteiger partial charge in [-0.25, -0.2) is 4.99 Å². The van der Waals surface area contributed by atoms with Crippen LogP contribution in [0, 0.1) is 6.92 Å². The topological polar surface area (TPSA) is 67.1 Å². The SMILES string of the molecule is Cc1nnc(CNC(=NCc2ccccc2)NCCCc2ccc(C(C)C)cc2)n1C.I. The number of aryl methyl sites for hydroxylation is 2. The number of nitrogens with zero attached hydrogens (tertiary/aromatic N) is 4. The summed E-state index contributed by atoms with van der Waals surface area (Å²) in [4.78, 5) is 4.76. The largest absolute Gasteiger partial charge is 0.356 e. The summed E-state index contributed by atoms with van der Waals surface area (Å²) in [6.45, 7) is 8.46. The van der Waals surface area contributed by atoms with Crippen LogP contribution in [0.15, 0.2) is 59.6 Å². The average Bonchev–Trinajstić information content (AvgIpc) is 3.11. The lowest BCUT2D eigenvalue weighted by atomic mass is 10.0. The molecule has 1 aromatic heterocycles. The third-order valence-electron chi connectivity index (χ3n) is 5.44. The van der Waals surface area contributed by atoms with Gasteiger partial charge >= 0.3 is 0 Å². The molecule has 172 valence electrons. The molecule has 6 nitrogen and oxygen atoms in total. The summed E-state index contributed by atoms with van der Waals surface area (Å²) in [6, 6.07) is 19.3. The Morgan fingerprint density at radius 3 is 2.31 bits per heavy atom. The van der Waals surface area contributed by atoms with Crippen molar-refractivity contribution in [2.75, 3.05) is 6.54 Å². The summed E-state index contributed by atoms with van der Waals surface area (Å²) in [5.74, 6) is 3.15. The molecule has 0 amide bonds. The summed E-state index contributed by atoms with van der Waals surface area (Å²) >= 11 is 0. The predicted molar refractivity (Wildman–Crippen MR) is 142 cm³/mol. The quantitative estimate of drug-likeness (QED) is 0.176. The predicted octanol–water partition coefficient (Wildman–Crippen LogP) is 4.73. The molecule has 0 unspecified atom stereocenters. The van der Waals surface area contributed by atoms with E-state index < -0.39 is 0 Å². The Morgan fingerprint density at radius 2 is 1.69 bits per heavy atom. The molecule has 0 bridgehead atoms. The minimum absolute atomic E-state index is 0. The van der Waals surface area contributed by atoms with Crippen LogP contribution in [0.2, 0.25) is 0 Å². The number of guanidine groups is 1. The monoisotopic (exact) mass is 546 g/mol. The normalized spacial score (nSPS) is 11.3. The molecule has 7 heteroatoms. The molecule has 0 spiro atoms. The van der Waals surface area contributed by atoms with Gasteiger partial charge in [-0.2, -0.15) is 0 Å². The fraction of sp³-hybridized carbons (Fsp3) is 0.400. The van der Waals surface area contributed by atoms with Crippen molar-refractivity contribution in [2.45, 2.75) is 52.6 Å². The number of halogens is 1. The van der Waals surface area contributed by atoms with Gasteiger partial charge < -0.3 is 15.2 Å². The van der Waals surface area contributed by atoms with Crippen molar-refractivity contribution in [3.8, 4) is 0 Å². The van der Waals surface area contributed by atoms with Gasteiger partial charge in [0.25, 0.3) is 0 Å². The molecule has 0 atom stereocenters. The van der Waals surface area contributed by atoms with Crippen LogP contribution >= 0.6 is 24.0 Å². The molecule has 1 heterocycles. The number of benzene rings is 2. The first-order valence-corrected chi connectivity index (χ1v) is 11.0. The standard InChI is InChI=1S/C25H34N6.HI/c1-19(2)23-14-12-21(13-15-23)11-8-16-26-25(27-17-22-9-6-5-7-10-22)28-18-24-30-29-20(3)31(24)4;/h5-7,9-10,12-15,19H,8,11,16-18H2,1-4H3,(H2,26,27,28);1H. The van der Waals surface area contributed by atoms with Crippen LogP contribution in [0.4, 0.5) is 0 Å². The lowest BCUT2D eigenvalue weighted by Crippen LogP contribution is -2.38. The Balaban J connectivity index is 0.00000363. The van der Waals surface area contributed by atoms with Crippen molar-refractivity contribution in [2.24, 2.45) is 12.0 Å². The van der Waals surface area contributed by atoms with Crippen LogP contribution in [0.5, 0.6) is 0 Å². The smallest absolute Gasteiger partial charge is 0.191 e. The lowest BCUT2D eigenvalue weighted by Gasteiger charge is -2.13. The van der Waals surface area contributed by atoms with Gasteiger partial charge in [0.2, 0.25) is 0 Å². The molecular weight excluding hydrogens is 511 g/mol. The zero-order valence-corrected chi connectivity index (χ0v) is 21.8. The first-order chi connectivity index (χ1) is 15.0. The second kappa shape index (κ2) is 13.2. The fourth-order valence-electron chi connectivity index (χ4n) is 3.26. The molecule has 3 aromatic rings. The van der Waals surface area contributed by atoms with E-state index in [2.05, 4.69) is 71.1 Å². The molecule has 32 heavy (non-hydrogen) atoms. The molecule has 0 radical (unpaired) electrons. The number of aliphatic imine (C=N–C) groups is 1. The number of hydrogen-bond acceptors (Lipinski definition) is 3. The van der Waals surface area contributed by atoms with E-state index in [1.165, 1.54) is 16.7 Å². The average molecular weight is 547 g/mol. The maximum Gasteiger partial charge on any atom is 0.191 e. The maximum atomic E-state index is 4.76. The highest BCUT2D eigenvalue weighted by molar-refractivity contribution is 14.0. The molecule has 0 aliphatic heterocycles. The van der Waals surface area contributed by atoms with Crippen molar-refractivity contribution in [1.29, 1.82) is 0 Å². The summed E-state index contributed by atoms with van der Waals surface area (Å²) in [7, 11) is 1.98. The van der Waals surface area contributed by atoms with E-state index in [4.69, 9.17) is 4.99 Å². The van der Waals surface area contributed by atoms with Crippen molar-refractivity contribution < 1.29 is 0 Å². The van der Waals surface area contributed by atoms with Crippen LogP contribution in [0.25, 0.3) is 0 Å². The molecule has 0 saturated carbocycles. The van der Waals surface area contributed by atoms with Crippen molar-refractivity contribution in [1.82, 2.24) is 25.4 Å². The van der Waals surface area contributed by atoms with E-state index in [-0.39, 0.29) is 24.0 Å². The van der Waals surface area contributed by atoms with Gasteiger partial charge in [0.1, 0.15) is 5.82 Å². The van der Waals surface area contributed by atoms with Crippen LogP contribution in [-0.2, 0) is 26.6 Å². The maximum absolute atomic E-state index is 4.76. The minimum atomic E-state index is 0. The van der Waals surface area contributed by atoms with Crippen LogP contribution in [0.3, 0.4) is 0 Å². The third kappa shape index (κ3) is 7.93. The van der Waals surface area contributed by atoms with Gasteiger partial charge in [0.05, 0.1) is 13.1 Å². The Kier molecular flexibility index (Phi) is 10.7. The van der Waals surface area contributed by atoms with E-state index in [9.17, 15) is 0 Å². The van der Waals surface area contributed by atoms with Gasteiger partial charge in [-0.05, 0) is 42.4 Å². The highest BCUT2D eigenvalue weighted by Gasteiger charge is 2.06. The molecule has 0 fully saturated rings. The van der Waals surface area contributed by atoms with Crippen LogP contribution in [0.1, 0.15) is 54.5 Å². The zero-order valence-electron chi connectivity index (χ0n) is 19.5. The number of rotatable bonds is 9. The first kappa shape index (κ1) is 25.8. The number of hydrogen-bond donors (Lipinski definition) is 2. The van der Waals surface area contributed by atoms with E-state index in [0.29, 0.717) is 19.0 Å². The molecule has 0 saturated heterocycles. The zero-order chi connectivity index (χ0) is 22.1. The summed E-state index contributed by atoms with van der Waals surface area (Å²) in [5, 5.41) is 15.2. The fourth-order valence-corrected chi connectivity index (χ4v) is 3.26. The molecule has 0 aliphatic rings.